The third kappa shape index (κ3) is 7.76. The van der Waals surface area contributed by atoms with Crippen LogP contribution in [-0.4, -0.2) is 62.8 Å². The lowest BCUT2D eigenvalue weighted by molar-refractivity contribution is -0.143. The number of thioether (sulfide) groups is 1. The minimum atomic E-state index is -2.14. The molecule has 2 aromatic rings. The molecule has 0 unspecified atom stereocenters. The summed E-state index contributed by atoms with van der Waals surface area (Å²) in [4.78, 5) is 28.4. The van der Waals surface area contributed by atoms with E-state index in [1.54, 1.807) is 0 Å². The van der Waals surface area contributed by atoms with Gasteiger partial charge in [0.05, 0.1) is 32.8 Å². The maximum atomic E-state index is 13.0. The minimum absolute atomic E-state index is 0.0151. The van der Waals surface area contributed by atoms with E-state index in [1.807, 2.05) is 65.6 Å². The lowest BCUT2D eigenvalue weighted by atomic mass is 10.1. The van der Waals surface area contributed by atoms with Crippen molar-refractivity contribution < 1.29 is 23.5 Å². The first kappa shape index (κ1) is 28.6. The van der Waals surface area contributed by atoms with Gasteiger partial charge in [0.2, 0.25) is 5.12 Å². The van der Waals surface area contributed by atoms with Crippen LogP contribution in [0.4, 0.5) is 0 Å². The van der Waals surface area contributed by atoms with Gasteiger partial charge in [0, 0.05) is 17.5 Å². The molecule has 1 saturated heterocycles. The van der Waals surface area contributed by atoms with Crippen LogP contribution in [0.2, 0.25) is 18.1 Å². The van der Waals surface area contributed by atoms with Gasteiger partial charge >= 0.3 is 5.97 Å². The van der Waals surface area contributed by atoms with Crippen LogP contribution >= 0.6 is 11.8 Å². The second kappa shape index (κ2) is 12.5. The number of methoxy groups -OCH3 is 1. The van der Waals surface area contributed by atoms with Gasteiger partial charge in [-0.1, -0.05) is 81.1 Å². The predicted molar refractivity (Wildman–Crippen MR) is 146 cm³/mol. The standard InChI is InChI=1S/C28H39NO5SSi/c1-28(2,3)36(5,6)34-24-18-29(19-26(31)35-22-15-11-8-12-16-22)23(17-25(30)32-4)27(24)33-20-21-13-9-7-10-14-21/h7-16,23-24,27H,17-20H2,1-6H3/t23-,24+,27-/m0/s1. The lowest BCUT2D eigenvalue weighted by Crippen LogP contribution is -2.48. The van der Waals surface area contributed by atoms with Gasteiger partial charge in [0.25, 0.3) is 0 Å². The van der Waals surface area contributed by atoms with Gasteiger partial charge in [0.15, 0.2) is 8.32 Å². The molecule has 1 aliphatic rings. The Bertz CT molecular complexity index is 996. The highest BCUT2D eigenvalue weighted by atomic mass is 32.2. The average molecular weight is 530 g/mol. The summed E-state index contributed by atoms with van der Waals surface area (Å²) in [5, 5.41) is 0.0344. The van der Waals surface area contributed by atoms with E-state index in [2.05, 4.69) is 33.9 Å². The van der Waals surface area contributed by atoms with Crippen LogP contribution in [0.5, 0.6) is 0 Å². The number of rotatable bonds is 10. The number of benzene rings is 2. The number of nitrogens with zero attached hydrogens (tertiary/aromatic N) is 1. The monoisotopic (exact) mass is 529 g/mol. The molecule has 0 radical (unpaired) electrons. The van der Waals surface area contributed by atoms with Crippen LogP contribution in [0.25, 0.3) is 0 Å². The SMILES string of the molecule is COC(=O)C[C@H]1[C@H](OCc2ccccc2)[C@H](O[Si](C)(C)C(C)(C)C)CN1CC(=O)Sc1ccccc1. The normalized spacial score (nSPS) is 20.9. The molecule has 2 aromatic carbocycles. The van der Waals surface area contributed by atoms with Gasteiger partial charge in [-0.3, -0.25) is 14.5 Å². The molecule has 0 saturated carbocycles. The van der Waals surface area contributed by atoms with Crippen LogP contribution in [0.15, 0.2) is 65.6 Å². The third-order valence-corrected chi connectivity index (χ3v) is 12.4. The second-order valence-electron chi connectivity index (χ2n) is 10.7. The van der Waals surface area contributed by atoms with E-state index in [4.69, 9.17) is 13.9 Å². The highest BCUT2D eigenvalue weighted by Crippen LogP contribution is 2.40. The molecule has 3 rings (SSSR count). The Morgan fingerprint density at radius 2 is 1.64 bits per heavy atom. The number of likely N-dealkylation sites (tertiary alicyclic amines) is 1. The number of carbonyl (C=O) groups excluding carboxylic acids is 2. The van der Waals surface area contributed by atoms with E-state index in [0.717, 1.165) is 10.5 Å². The van der Waals surface area contributed by atoms with E-state index in [1.165, 1.54) is 18.9 Å². The molecule has 1 fully saturated rings. The van der Waals surface area contributed by atoms with Crippen molar-refractivity contribution in [3.05, 3.63) is 66.2 Å². The zero-order valence-corrected chi connectivity index (χ0v) is 24.0. The molecule has 0 aromatic heterocycles. The molecule has 1 aliphatic heterocycles. The van der Waals surface area contributed by atoms with Gasteiger partial charge in [-0.15, -0.1) is 0 Å². The molecule has 0 N–H and O–H groups in total. The first-order chi connectivity index (χ1) is 17.0. The number of hydrogen-bond acceptors (Lipinski definition) is 7. The van der Waals surface area contributed by atoms with Gasteiger partial charge in [-0.25, -0.2) is 0 Å². The summed E-state index contributed by atoms with van der Waals surface area (Å²) in [5.41, 5.74) is 1.05. The summed E-state index contributed by atoms with van der Waals surface area (Å²) in [5.74, 6) is -0.325. The zero-order chi connectivity index (χ0) is 26.3. The molecule has 196 valence electrons. The summed E-state index contributed by atoms with van der Waals surface area (Å²) in [7, 11) is -0.751. The van der Waals surface area contributed by atoms with Crippen molar-refractivity contribution in [1.29, 1.82) is 0 Å². The van der Waals surface area contributed by atoms with Crippen molar-refractivity contribution in [1.82, 2.24) is 4.90 Å². The molecule has 1 heterocycles. The molecule has 0 amide bonds. The molecule has 6 nitrogen and oxygen atoms in total. The number of carbonyl (C=O) groups is 2. The molecule has 3 atom stereocenters. The molecule has 0 spiro atoms. The molecule has 36 heavy (non-hydrogen) atoms. The van der Waals surface area contributed by atoms with E-state index in [0.29, 0.717) is 13.2 Å². The van der Waals surface area contributed by atoms with Gasteiger partial charge in [-0.2, -0.15) is 0 Å². The van der Waals surface area contributed by atoms with Crippen molar-refractivity contribution in [2.24, 2.45) is 0 Å². The third-order valence-electron chi connectivity index (χ3n) is 7.08. The zero-order valence-electron chi connectivity index (χ0n) is 22.2. The highest BCUT2D eigenvalue weighted by molar-refractivity contribution is 8.13. The summed E-state index contributed by atoms with van der Waals surface area (Å²) in [6.07, 6.45) is -0.483. The lowest BCUT2D eigenvalue weighted by Gasteiger charge is -2.39. The molecule has 0 aliphatic carbocycles. The Kier molecular flexibility index (Phi) is 9.94. The van der Waals surface area contributed by atoms with Gasteiger partial charge < -0.3 is 13.9 Å². The maximum absolute atomic E-state index is 13.0. The molecule has 0 bridgehead atoms. The fraction of sp³-hybridized carbons (Fsp3) is 0.500. The largest absolute Gasteiger partial charge is 0.469 e. The quantitative estimate of drug-likeness (QED) is 0.228. The summed E-state index contributed by atoms with van der Waals surface area (Å²) < 4.78 is 18.3. The first-order valence-electron chi connectivity index (χ1n) is 12.4. The smallest absolute Gasteiger partial charge is 0.307 e. The number of hydrogen-bond donors (Lipinski definition) is 0. The van der Waals surface area contributed by atoms with Crippen LogP contribution in [0.3, 0.4) is 0 Å². The molecular formula is C28H39NO5SSi. The topological polar surface area (TPSA) is 65.1 Å². The Labute approximate surface area is 220 Å². The van der Waals surface area contributed by atoms with Crippen molar-refractivity contribution in [2.75, 3.05) is 20.2 Å². The fourth-order valence-electron chi connectivity index (χ4n) is 4.07. The maximum Gasteiger partial charge on any atom is 0.307 e. The predicted octanol–water partition coefficient (Wildman–Crippen LogP) is 5.53. The summed E-state index contributed by atoms with van der Waals surface area (Å²) >= 11 is 1.22. The Balaban J connectivity index is 1.85. The second-order valence-corrected chi connectivity index (χ2v) is 16.6. The Morgan fingerprint density at radius 3 is 2.22 bits per heavy atom. The number of ether oxygens (including phenoxy) is 2. The molecular weight excluding hydrogens is 490 g/mol. The minimum Gasteiger partial charge on any atom is -0.469 e. The van der Waals surface area contributed by atoms with Crippen LogP contribution in [0.1, 0.15) is 32.8 Å². The van der Waals surface area contributed by atoms with Gasteiger partial charge in [0.1, 0.15) is 6.10 Å². The van der Waals surface area contributed by atoms with Crippen LogP contribution in [0, 0.1) is 0 Å². The van der Waals surface area contributed by atoms with E-state index >= 15 is 0 Å². The number of esters is 1. The van der Waals surface area contributed by atoms with E-state index in [-0.39, 0.29) is 47.3 Å². The highest BCUT2D eigenvalue weighted by Gasteiger charge is 2.49. The Morgan fingerprint density at radius 1 is 1.03 bits per heavy atom. The molecule has 8 heteroatoms. The van der Waals surface area contributed by atoms with Crippen molar-refractivity contribution in [3.8, 4) is 0 Å². The van der Waals surface area contributed by atoms with E-state index < -0.39 is 8.32 Å². The first-order valence-corrected chi connectivity index (χ1v) is 16.1. The average Bonchev–Trinajstić information content (AvgIpc) is 3.12. The summed E-state index contributed by atoms with van der Waals surface area (Å²) in [6.45, 7) is 12.2. The fourth-order valence-corrected chi connectivity index (χ4v) is 6.18. The van der Waals surface area contributed by atoms with Gasteiger partial charge in [-0.05, 0) is 35.8 Å². The van der Waals surface area contributed by atoms with Crippen molar-refractivity contribution >= 4 is 31.2 Å². The van der Waals surface area contributed by atoms with Crippen molar-refractivity contribution in [3.63, 3.8) is 0 Å². The Hall–Kier alpha value is -1.97. The summed E-state index contributed by atoms with van der Waals surface area (Å²) in [6, 6.07) is 19.3. The van der Waals surface area contributed by atoms with Crippen LogP contribution < -0.4 is 0 Å². The van der Waals surface area contributed by atoms with E-state index in [9.17, 15) is 9.59 Å². The van der Waals surface area contributed by atoms with Crippen LogP contribution in [-0.2, 0) is 30.1 Å². The van der Waals surface area contributed by atoms with Crippen molar-refractivity contribution in [2.45, 2.75) is 75.1 Å².